The summed E-state index contributed by atoms with van der Waals surface area (Å²) in [4.78, 5) is 22.7. The minimum absolute atomic E-state index is 0.127. The second-order valence-corrected chi connectivity index (χ2v) is 11.7. The van der Waals surface area contributed by atoms with Crippen LogP contribution in [0.5, 0.6) is 0 Å². The van der Waals surface area contributed by atoms with E-state index in [-0.39, 0.29) is 11.3 Å². The highest BCUT2D eigenvalue weighted by Gasteiger charge is 2.54. The van der Waals surface area contributed by atoms with E-state index in [2.05, 4.69) is 16.6 Å². The standard InChI is InChI=1S/C20H21N3OS3/c1-25-19-22-14-3-2-13-15(16(14)27-19)26-18(21-13)23-17(24)20-7-10-4-11(8-20)6-12(5-10)9-20/h2-3,10-12H,4-9H2,1H3,(H,21,23,24). The van der Waals surface area contributed by atoms with Gasteiger partial charge in [0, 0.05) is 0 Å². The maximum absolute atomic E-state index is 13.3. The SMILES string of the molecule is CSc1nc2ccc3nc(NC(=O)C45CC6CC(CC(C6)C4)C5)sc3c2s1. The van der Waals surface area contributed by atoms with Gasteiger partial charge in [0.1, 0.15) is 0 Å². The molecule has 7 heteroatoms. The molecule has 0 atom stereocenters. The van der Waals surface area contributed by atoms with E-state index in [0.717, 1.165) is 62.2 Å². The molecule has 1 aromatic carbocycles. The fourth-order valence-electron chi connectivity index (χ4n) is 6.11. The van der Waals surface area contributed by atoms with Gasteiger partial charge in [0.15, 0.2) is 9.47 Å². The third-order valence-corrected chi connectivity index (χ3v) is 10.0. The Morgan fingerprint density at radius 1 is 1.04 bits per heavy atom. The molecular weight excluding hydrogens is 394 g/mol. The number of aromatic nitrogens is 2. The molecule has 2 heterocycles. The number of thiazole rings is 2. The van der Waals surface area contributed by atoms with Gasteiger partial charge >= 0.3 is 0 Å². The van der Waals surface area contributed by atoms with Gasteiger partial charge < -0.3 is 5.32 Å². The summed E-state index contributed by atoms with van der Waals surface area (Å²) < 4.78 is 3.40. The second kappa shape index (κ2) is 5.91. The summed E-state index contributed by atoms with van der Waals surface area (Å²) in [5.74, 6) is 2.56. The molecule has 4 saturated carbocycles. The van der Waals surface area contributed by atoms with Crippen LogP contribution in [0.3, 0.4) is 0 Å². The number of anilines is 1. The molecule has 27 heavy (non-hydrogen) atoms. The number of carbonyl (C=O) groups is 1. The average molecular weight is 416 g/mol. The van der Waals surface area contributed by atoms with Gasteiger partial charge in [0.25, 0.3) is 0 Å². The lowest BCUT2D eigenvalue weighted by atomic mass is 9.49. The Morgan fingerprint density at radius 3 is 2.26 bits per heavy atom. The number of fused-ring (bicyclic) bond motifs is 3. The smallest absolute Gasteiger partial charge is 0.232 e. The van der Waals surface area contributed by atoms with Crippen LogP contribution in [0.4, 0.5) is 5.13 Å². The molecule has 0 unspecified atom stereocenters. The topological polar surface area (TPSA) is 54.9 Å². The van der Waals surface area contributed by atoms with Gasteiger partial charge in [-0.15, -0.1) is 11.3 Å². The summed E-state index contributed by atoms with van der Waals surface area (Å²) >= 11 is 4.99. The van der Waals surface area contributed by atoms with Gasteiger partial charge in [0.2, 0.25) is 5.91 Å². The molecule has 1 amide bonds. The van der Waals surface area contributed by atoms with Crippen LogP contribution in [0.1, 0.15) is 38.5 Å². The Balaban J connectivity index is 1.33. The van der Waals surface area contributed by atoms with E-state index in [0.29, 0.717) is 0 Å². The van der Waals surface area contributed by atoms with E-state index >= 15 is 0 Å². The van der Waals surface area contributed by atoms with Crippen LogP contribution < -0.4 is 5.32 Å². The van der Waals surface area contributed by atoms with Gasteiger partial charge in [-0.1, -0.05) is 23.1 Å². The number of nitrogens with one attached hydrogen (secondary N) is 1. The quantitative estimate of drug-likeness (QED) is 0.551. The second-order valence-electron chi connectivity index (χ2n) is 8.62. The molecule has 0 saturated heterocycles. The molecule has 0 spiro atoms. The highest BCUT2D eigenvalue weighted by atomic mass is 32.2. The fraction of sp³-hybridized carbons (Fsp3) is 0.550. The van der Waals surface area contributed by atoms with Crippen molar-refractivity contribution in [2.75, 3.05) is 11.6 Å². The molecule has 0 radical (unpaired) electrons. The maximum atomic E-state index is 13.3. The zero-order valence-electron chi connectivity index (χ0n) is 15.2. The minimum atomic E-state index is -0.127. The van der Waals surface area contributed by atoms with Crippen LogP contribution in [0.15, 0.2) is 16.5 Å². The largest absolute Gasteiger partial charge is 0.301 e. The van der Waals surface area contributed by atoms with E-state index in [9.17, 15) is 4.79 Å². The minimum Gasteiger partial charge on any atom is -0.301 e. The molecular formula is C20H21N3OS3. The third kappa shape index (κ3) is 2.58. The fourth-order valence-corrected chi connectivity index (χ4v) is 8.77. The van der Waals surface area contributed by atoms with Crippen LogP contribution in [0.2, 0.25) is 0 Å². The first-order chi connectivity index (χ1) is 13.1. The number of carbonyl (C=O) groups excluding carboxylic acids is 1. The Bertz CT molecular complexity index is 1030. The molecule has 0 aliphatic heterocycles. The molecule has 7 rings (SSSR count). The van der Waals surface area contributed by atoms with E-state index in [1.165, 1.54) is 24.0 Å². The van der Waals surface area contributed by atoms with Gasteiger partial charge in [-0.25, -0.2) is 9.97 Å². The van der Waals surface area contributed by atoms with Crippen molar-refractivity contribution < 1.29 is 4.79 Å². The predicted octanol–water partition coefficient (Wildman–Crippen LogP) is 5.78. The third-order valence-electron chi connectivity index (χ3n) is 6.81. The number of nitrogens with zero attached hydrogens (tertiary/aromatic N) is 2. The molecule has 4 aliphatic carbocycles. The van der Waals surface area contributed by atoms with Crippen molar-refractivity contribution >= 4 is 65.9 Å². The molecule has 2 aromatic heterocycles. The lowest BCUT2D eigenvalue weighted by Crippen LogP contribution is -2.51. The Morgan fingerprint density at radius 2 is 1.63 bits per heavy atom. The highest BCUT2D eigenvalue weighted by Crippen LogP contribution is 2.60. The summed E-state index contributed by atoms with van der Waals surface area (Å²) in [6.45, 7) is 0. The molecule has 4 bridgehead atoms. The first kappa shape index (κ1) is 16.7. The molecule has 4 nitrogen and oxygen atoms in total. The van der Waals surface area contributed by atoms with Crippen LogP contribution >= 0.6 is 34.4 Å². The van der Waals surface area contributed by atoms with Crippen LogP contribution in [0, 0.1) is 23.2 Å². The normalized spacial score (nSPS) is 31.8. The molecule has 4 fully saturated rings. The summed E-state index contributed by atoms with van der Waals surface area (Å²) in [6, 6.07) is 4.07. The summed E-state index contributed by atoms with van der Waals surface area (Å²) in [6.07, 6.45) is 9.39. The molecule has 1 N–H and O–H groups in total. The monoisotopic (exact) mass is 415 g/mol. The Hall–Kier alpha value is -1.18. The van der Waals surface area contributed by atoms with E-state index < -0.39 is 0 Å². The number of thioether (sulfide) groups is 1. The lowest BCUT2D eigenvalue weighted by molar-refractivity contribution is -0.140. The summed E-state index contributed by atoms with van der Waals surface area (Å²) in [7, 11) is 0. The van der Waals surface area contributed by atoms with Crippen molar-refractivity contribution in [3.05, 3.63) is 12.1 Å². The summed E-state index contributed by atoms with van der Waals surface area (Å²) in [5.41, 5.74) is 1.86. The van der Waals surface area contributed by atoms with Gasteiger partial charge in [-0.3, -0.25) is 4.79 Å². The van der Waals surface area contributed by atoms with E-state index in [4.69, 9.17) is 4.98 Å². The number of hydrogen-bond acceptors (Lipinski definition) is 6. The van der Waals surface area contributed by atoms with Gasteiger partial charge in [-0.2, -0.15) is 0 Å². The number of rotatable bonds is 3. The van der Waals surface area contributed by atoms with Crippen molar-refractivity contribution in [2.24, 2.45) is 23.2 Å². The molecule has 3 aromatic rings. The Labute approximate surface area is 170 Å². The number of benzene rings is 1. The van der Waals surface area contributed by atoms with Crippen molar-refractivity contribution in [2.45, 2.75) is 42.9 Å². The Kier molecular flexibility index (Phi) is 3.66. The van der Waals surface area contributed by atoms with Gasteiger partial charge in [0.05, 0.1) is 25.8 Å². The molecule has 4 aliphatic rings. The zero-order valence-corrected chi connectivity index (χ0v) is 17.6. The van der Waals surface area contributed by atoms with Crippen LogP contribution in [-0.4, -0.2) is 22.1 Å². The van der Waals surface area contributed by atoms with Crippen molar-refractivity contribution in [3.8, 4) is 0 Å². The van der Waals surface area contributed by atoms with Crippen molar-refractivity contribution in [1.29, 1.82) is 0 Å². The van der Waals surface area contributed by atoms with E-state index in [1.807, 2.05) is 12.1 Å². The van der Waals surface area contributed by atoms with Gasteiger partial charge in [-0.05, 0) is 74.7 Å². The van der Waals surface area contributed by atoms with Crippen LogP contribution in [-0.2, 0) is 4.79 Å². The highest BCUT2D eigenvalue weighted by molar-refractivity contribution is 8.00. The first-order valence-corrected chi connectivity index (χ1v) is 12.5. The van der Waals surface area contributed by atoms with Crippen molar-refractivity contribution in [1.82, 2.24) is 9.97 Å². The predicted molar refractivity (Wildman–Crippen MR) is 114 cm³/mol. The zero-order chi connectivity index (χ0) is 18.2. The first-order valence-electron chi connectivity index (χ1n) is 9.67. The number of amides is 1. The molecule has 140 valence electrons. The van der Waals surface area contributed by atoms with Crippen LogP contribution in [0.25, 0.3) is 20.4 Å². The average Bonchev–Trinajstić information content (AvgIpc) is 3.23. The van der Waals surface area contributed by atoms with Crippen molar-refractivity contribution in [3.63, 3.8) is 0 Å². The van der Waals surface area contributed by atoms with E-state index in [1.54, 1.807) is 34.4 Å². The maximum Gasteiger partial charge on any atom is 0.232 e. The number of hydrogen-bond donors (Lipinski definition) is 1. The summed E-state index contributed by atoms with van der Waals surface area (Å²) in [5, 5.41) is 3.97. The lowest BCUT2D eigenvalue weighted by Gasteiger charge is -2.55.